The van der Waals surface area contributed by atoms with Crippen LogP contribution in [0.2, 0.25) is 0 Å². The Bertz CT molecular complexity index is 881. The lowest BCUT2D eigenvalue weighted by molar-refractivity contribution is 0.0773. The summed E-state index contributed by atoms with van der Waals surface area (Å²) in [5, 5.41) is 0. The molecular formula is C16H17N3O3S. The summed E-state index contributed by atoms with van der Waals surface area (Å²) in [5.41, 5.74) is 1.62. The van der Waals surface area contributed by atoms with E-state index in [1.807, 2.05) is 13.8 Å². The standard InChI is InChI=1S/C16H17N3O3S/c1-3-19(4-2)15(21)9-5-6-12-10(7-9)8-11-13(20)17-16(23)18-14(11)22-12/h5-7H,3-4,8H2,1-2H3,(H2,17,18,20,23). The summed E-state index contributed by atoms with van der Waals surface area (Å²) in [7, 11) is 0. The van der Waals surface area contributed by atoms with E-state index in [4.69, 9.17) is 17.0 Å². The molecule has 0 radical (unpaired) electrons. The van der Waals surface area contributed by atoms with Gasteiger partial charge in [0, 0.05) is 30.6 Å². The second-order valence-electron chi connectivity index (χ2n) is 5.29. The van der Waals surface area contributed by atoms with E-state index in [0.29, 0.717) is 42.3 Å². The number of rotatable bonds is 3. The second kappa shape index (κ2) is 6.00. The summed E-state index contributed by atoms with van der Waals surface area (Å²) >= 11 is 4.95. The van der Waals surface area contributed by atoms with Gasteiger partial charge in [0.15, 0.2) is 4.77 Å². The molecule has 0 aliphatic carbocycles. The highest BCUT2D eigenvalue weighted by atomic mass is 32.1. The predicted octanol–water partition coefficient (Wildman–Crippen LogP) is 2.61. The molecule has 120 valence electrons. The van der Waals surface area contributed by atoms with Crippen LogP contribution < -0.4 is 10.3 Å². The maximum absolute atomic E-state index is 12.4. The van der Waals surface area contributed by atoms with Gasteiger partial charge in [-0.05, 0) is 44.3 Å². The zero-order valence-electron chi connectivity index (χ0n) is 12.9. The molecule has 0 unspecified atom stereocenters. The predicted molar refractivity (Wildman–Crippen MR) is 88.8 cm³/mol. The van der Waals surface area contributed by atoms with Gasteiger partial charge in [0.2, 0.25) is 5.88 Å². The number of ether oxygens (including phenoxy) is 1. The van der Waals surface area contributed by atoms with E-state index in [1.54, 1.807) is 23.1 Å². The second-order valence-corrected chi connectivity index (χ2v) is 5.70. The van der Waals surface area contributed by atoms with Gasteiger partial charge < -0.3 is 14.6 Å². The average molecular weight is 331 g/mol. The quantitative estimate of drug-likeness (QED) is 0.723. The van der Waals surface area contributed by atoms with Gasteiger partial charge in [-0.1, -0.05) is 0 Å². The summed E-state index contributed by atoms with van der Waals surface area (Å²) in [5.74, 6) is 0.976. The molecule has 2 aromatic rings. The number of aromatic nitrogens is 2. The van der Waals surface area contributed by atoms with Crippen molar-refractivity contribution in [3.63, 3.8) is 0 Å². The molecule has 0 saturated carbocycles. The molecular weight excluding hydrogens is 314 g/mol. The Morgan fingerprint density at radius 1 is 1.30 bits per heavy atom. The van der Waals surface area contributed by atoms with Crippen molar-refractivity contribution >= 4 is 18.1 Å². The van der Waals surface area contributed by atoms with Crippen molar-refractivity contribution in [3.05, 3.63) is 50.0 Å². The number of hydrogen-bond acceptors (Lipinski definition) is 4. The van der Waals surface area contributed by atoms with E-state index in [-0.39, 0.29) is 16.2 Å². The van der Waals surface area contributed by atoms with Crippen LogP contribution in [0.5, 0.6) is 11.6 Å². The highest BCUT2D eigenvalue weighted by Gasteiger charge is 2.22. The smallest absolute Gasteiger partial charge is 0.259 e. The van der Waals surface area contributed by atoms with Crippen LogP contribution in [0.1, 0.15) is 35.3 Å². The zero-order chi connectivity index (χ0) is 16.6. The Morgan fingerprint density at radius 2 is 2.04 bits per heavy atom. The van der Waals surface area contributed by atoms with Gasteiger partial charge in [-0.2, -0.15) is 0 Å². The molecule has 0 bridgehead atoms. The molecule has 3 rings (SSSR count). The summed E-state index contributed by atoms with van der Waals surface area (Å²) in [6.45, 7) is 5.20. The maximum Gasteiger partial charge on any atom is 0.259 e. The van der Waals surface area contributed by atoms with Crippen LogP contribution in [0.25, 0.3) is 0 Å². The van der Waals surface area contributed by atoms with E-state index >= 15 is 0 Å². The molecule has 0 saturated heterocycles. The van der Waals surface area contributed by atoms with E-state index in [2.05, 4.69) is 9.97 Å². The average Bonchev–Trinajstić information content (AvgIpc) is 2.53. The van der Waals surface area contributed by atoms with Gasteiger partial charge in [0.05, 0.1) is 5.56 Å². The Morgan fingerprint density at radius 3 is 2.74 bits per heavy atom. The lowest BCUT2D eigenvalue weighted by Gasteiger charge is -2.22. The van der Waals surface area contributed by atoms with Gasteiger partial charge in [-0.25, -0.2) is 0 Å². The topological polar surface area (TPSA) is 78.2 Å². The third kappa shape index (κ3) is 2.79. The lowest BCUT2D eigenvalue weighted by Crippen LogP contribution is -2.30. The van der Waals surface area contributed by atoms with Crippen LogP contribution in [0, 0.1) is 4.77 Å². The number of amides is 1. The highest BCUT2D eigenvalue weighted by Crippen LogP contribution is 2.33. The van der Waals surface area contributed by atoms with Gasteiger partial charge >= 0.3 is 0 Å². The van der Waals surface area contributed by atoms with Crippen molar-refractivity contribution < 1.29 is 9.53 Å². The Kier molecular flexibility index (Phi) is 4.04. The number of aromatic amines is 2. The molecule has 2 heterocycles. The summed E-state index contributed by atoms with van der Waals surface area (Å²) < 4.78 is 5.95. The molecule has 0 spiro atoms. The molecule has 0 fully saturated rings. The van der Waals surface area contributed by atoms with Crippen LogP contribution in [0.3, 0.4) is 0 Å². The van der Waals surface area contributed by atoms with E-state index in [1.165, 1.54) is 0 Å². The van der Waals surface area contributed by atoms with Crippen molar-refractivity contribution in [2.75, 3.05) is 13.1 Å². The van der Waals surface area contributed by atoms with Crippen LogP contribution in [-0.4, -0.2) is 33.9 Å². The molecule has 1 aromatic carbocycles. The van der Waals surface area contributed by atoms with Crippen LogP contribution in [0.15, 0.2) is 23.0 Å². The van der Waals surface area contributed by atoms with Crippen LogP contribution in [-0.2, 0) is 6.42 Å². The third-order valence-electron chi connectivity index (χ3n) is 3.94. The first-order valence-electron chi connectivity index (χ1n) is 7.49. The third-order valence-corrected chi connectivity index (χ3v) is 4.14. The molecule has 23 heavy (non-hydrogen) atoms. The molecule has 7 heteroatoms. The molecule has 1 amide bonds. The van der Waals surface area contributed by atoms with Crippen molar-refractivity contribution in [1.29, 1.82) is 0 Å². The lowest BCUT2D eigenvalue weighted by atomic mass is 10.0. The van der Waals surface area contributed by atoms with E-state index in [9.17, 15) is 9.59 Å². The Labute approximate surface area is 138 Å². The first-order chi connectivity index (χ1) is 11.0. The van der Waals surface area contributed by atoms with Crippen molar-refractivity contribution in [2.24, 2.45) is 0 Å². The fraction of sp³-hybridized carbons (Fsp3) is 0.312. The van der Waals surface area contributed by atoms with Crippen LogP contribution >= 0.6 is 12.2 Å². The molecule has 6 nitrogen and oxygen atoms in total. The van der Waals surface area contributed by atoms with E-state index < -0.39 is 0 Å². The largest absolute Gasteiger partial charge is 0.440 e. The number of benzene rings is 1. The minimum Gasteiger partial charge on any atom is -0.440 e. The first-order valence-corrected chi connectivity index (χ1v) is 7.89. The fourth-order valence-corrected chi connectivity index (χ4v) is 2.87. The monoisotopic (exact) mass is 331 g/mol. The van der Waals surface area contributed by atoms with Crippen LogP contribution in [0.4, 0.5) is 0 Å². The number of H-pyrrole nitrogens is 2. The summed E-state index contributed by atoms with van der Waals surface area (Å²) in [6, 6.07) is 5.29. The number of carbonyl (C=O) groups is 1. The molecule has 1 aliphatic rings. The number of carbonyl (C=O) groups excluding carboxylic acids is 1. The van der Waals surface area contributed by atoms with Crippen molar-refractivity contribution in [2.45, 2.75) is 20.3 Å². The van der Waals surface area contributed by atoms with E-state index in [0.717, 1.165) is 5.56 Å². The fourth-order valence-electron chi connectivity index (χ4n) is 2.68. The molecule has 1 aromatic heterocycles. The van der Waals surface area contributed by atoms with Gasteiger partial charge in [-0.3, -0.25) is 14.6 Å². The SMILES string of the molecule is CCN(CC)C(=O)c1ccc2c(c1)Cc1c([nH]c(=S)[nH]c1=O)O2. The van der Waals surface area contributed by atoms with Gasteiger partial charge in [-0.15, -0.1) is 0 Å². The maximum atomic E-state index is 12.4. The summed E-state index contributed by atoms with van der Waals surface area (Å²) in [6.07, 6.45) is 0.394. The highest BCUT2D eigenvalue weighted by molar-refractivity contribution is 7.71. The molecule has 0 atom stereocenters. The molecule has 2 N–H and O–H groups in total. The summed E-state index contributed by atoms with van der Waals surface area (Å²) in [4.78, 5) is 31.6. The number of fused-ring (bicyclic) bond motifs is 2. The number of hydrogen-bond donors (Lipinski definition) is 2. The number of nitrogens with one attached hydrogen (secondary N) is 2. The number of nitrogens with zero attached hydrogens (tertiary/aromatic N) is 1. The Hall–Kier alpha value is -2.41. The van der Waals surface area contributed by atoms with Crippen molar-refractivity contribution in [3.8, 4) is 11.6 Å². The minimum atomic E-state index is -0.269. The normalized spacial score (nSPS) is 12.1. The zero-order valence-corrected chi connectivity index (χ0v) is 13.8. The van der Waals surface area contributed by atoms with Gasteiger partial charge in [0.1, 0.15) is 5.75 Å². The van der Waals surface area contributed by atoms with Gasteiger partial charge in [0.25, 0.3) is 11.5 Å². The minimum absolute atomic E-state index is 0.0232. The first kappa shape index (κ1) is 15.5. The Balaban J connectivity index is 1.99. The van der Waals surface area contributed by atoms with Crippen molar-refractivity contribution in [1.82, 2.24) is 14.9 Å². The molecule has 1 aliphatic heterocycles.